The fourth-order valence-corrected chi connectivity index (χ4v) is 5.96. The van der Waals surface area contributed by atoms with Crippen molar-refractivity contribution in [3.05, 3.63) is 76.1 Å². The van der Waals surface area contributed by atoms with E-state index in [-0.39, 0.29) is 15.8 Å². The number of piperidine rings is 1. The first-order valence-electron chi connectivity index (χ1n) is 11.7. The number of benzene rings is 2. The molecule has 7 nitrogen and oxygen atoms in total. The number of aryl methyl sites for hydroxylation is 1. The maximum atomic E-state index is 13.4. The number of rotatable bonds is 6. The zero-order valence-corrected chi connectivity index (χ0v) is 20.7. The first-order chi connectivity index (χ1) is 16.2. The quantitative estimate of drug-likeness (QED) is 0.538. The van der Waals surface area contributed by atoms with Crippen LogP contribution in [0.25, 0.3) is 10.9 Å². The van der Waals surface area contributed by atoms with Crippen LogP contribution in [0, 0.1) is 5.92 Å². The highest BCUT2D eigenvalue weighted by molar-refractivity contribution is 7.89. The molecule has 4 rings (SSSR count). The fraction of sp³-hybridized carbons (Fsp3) is 0.385. The Morgan fingerprint density at radius 3 is 2.41 bits per heavy atom. The summed E-state index contributed by atoms with van der Waals surface area (Å²) in [5.41, 5.74) is 1.16. The second-order valence-corrected chi connectivity index (χ2v) is 11.0. The van der Waals surface area contributed by atoms with Crippen LogP contribution in [0.2, 0.25) is 0 Å². The molecule has 180 valence electrons. The fourth-order valence-electron chi connectivity index (χ4n) is 4.46. The summed E-state index contributed by atoms with van der Waals surface area (Å²) in [5.74, 6) is 0.109. The highest BCUT2D eigenvalue weighted by atomic mass is 32.2. The Bertz CT molecular complexity index is 1360. The molecular weight excluding hydrogens is 450 g/mol. The average molecular weight is 482 g/mol. The lowest BCUT2D eigenvalue weighted by atomic mass is 10.0. The van der Waals surface area contributed by atoms with Crippen molar-refractivity contribution in [2.45, 2.75) is 44.7 Å². The number of sulfonamides is 1. The summed E-state index contributed by atoms with van der Waals surface area (Å²) in [5, 5.41) is 0.243. The number of fused-ring (bicyclic) bond motifs is 1. The predicted molar refractivity (Wildman–Crippen MR) is 133 cm³/mol. The van der Waals surface area contributed by atoms with Crippen LogP contribution in [0.5, 0.6) is 0 Å². The number of pyridine rings is 1. The van der Waals surface area contributed by atoms with Crippen LogP contribution in [-0.4, -0.2) is 48.2 Å². The van der Waals surface area contributed by atoms with Crippen LogP contribution in [-0.2, 0) is 23.1 Å². The molecule has 0 radical (unpaired) electrons. The molecule has 0 unspecified atom stereocenters. The molecule has 8 heteroatoms. The third-order valence-electron chi connectivity index (χ3n) is 6.61. The van der Waals surface area contributed by atoms with E-state index in [1.165, 1.54) is 15.3 Å². The number of aromatic nitrogens is 1. The van der Waals surface area contributed by atoms with E-state index in [1.54, 1.807) is 25.4 Å². The van der Waals surface area contributed by atoms with Gasteiger partial charge in [-0.3, -0.25) is 9.59 Å². The molecule has 0 saturated carbocycles. The van der Waals surface area contributed by atoms with E-state index in [2.05, 4.69) is 6.92 Å². The lowest BCUT2D eigenvalue weighted by molar-refractivity contribution is 0.0783. The highest BCUT2D eigenvalue weighted by Gasteiger charge is 2.29. The lowest BCUT2D eigenvalue weighted by Crippen LogP contribution is -2.38. The van der Waals surface area contributed by atoms with Gasteiger partial charge in [0.15, 0.2) is 0 Å². The molecular formula is C26H31N3O4S. The molecule has 0 spiro atoms. The van der Waals surface area contributed by atoms with Gasteiger partial charge in [0.1, 0.15) is 5.56 Å². The first-order valence-corrected chi connectivity index (χ1v) is 13.1. The number of hydrogen-bond acceptors (Lipinski definition) is 4. The smallest absolute Gasteiger partial charge is 0.259 e. The molecule has 1 aliphatic rings. The summed E-state index contributed by atoms with van der Waals surface area (Å²) in [6.45, 7) is 5.90. The van der Waals surface area contributed by atoms with E-state index < -0.39 is 21.4 Å². The van der Waals surface area contributed by atoms with Crippen molar-refractivity contribution in [1.29, 1.82) is 0 Å². The molecule has 2 heterocycles. The minimum absolute atomic E-state index is 0.0362. The molecule has 2 aromatic carbocycles. The SMILES string of the molecule is CCn1cc(C(=O)N(C)Cc2ccccc2)c(=O)c2cc(S(=O)(=O)N3CCC(C)CC3)ccc21. The normalized spacial score (nSPS) is 15.5. The van der Waals surface area contributed by atoms with E-state index in [0.29, 0.717) is 37.6 Å². The molecule has 1 fully saturated rings. The summed E-state index contributed by atoms with van der Waals surface area (Å²) in [4.78, 5) is 28.3. The monoisotopic (exact) mass is 481 g/mol. The number of hydrogen-bond donors (Lipinski definition) is 0. The van der Waals surface area contributed by atoms with E-state index in [9.17, 15) is 18.0 Å². The number of carbonyl (C=O) groups is 1. The highest BCUT2D eigenvalue weighted by Crippen LogP contribution is 2.25. The first kappa shape index (κ1) is 24.2. The Labute approximate surface area is 200 Å². The topological polar surface area (TPSA) is 79.7 Å². The van der Waals surface area contributed by atoms with Gasteiger partial charge in [0, 0.05) is 44.8 Å². The minimum Gasteiger partial charge on any atom is -0.347 e. The van der Waals surface area contributed by atoms with Crippen molar-refractivity contribution in [3.63, 3.8) is 0 Å². The summed E-state index contributed by atoms with van der Waals surface area (Å²) in [6, 6.07) is 14.2. The standard InChI is InChI=1S/C26H31N3O4S/c1-4-28-18-23(26(31)27(3)17-20-8-6-5-7-9-20)25(30)22-16-21(10-11-24(22)28)34(32,33)29-14-12-19(2)13-15-29/h5-11,16,18-19H,4,12-15,17H2,1-3H3. The zero-order valence-electron chi connectivity index (χ0n) is 19.9. The van der Waals surface area contributed by atoms with Crippen LogP contribution in [0.4, 0.5) is 0 Å². The molecule has 1 aromatic heterocycles. The van der Waals surface area contributed by atoms with E-state index >= 15 is 0 Å². The van der Waals surface area contributed by atoms with Crippen LogP contribution in [0.15, 0.2) is 64.4 Å². The third kappa shape index (κ3) is 4.65. The second kappa shape index (κ2) is 9.72. The van der Waals surface area contributed by atoms with Gasteiger partial charge in [-0.15, -0.1) is 0 Å². The van der Waals surface area contributed by atoms with Gasteiger partial charge in [-0.2, -0.15) is 4.31 Å². The molecule has 1 saturated heterocycles. The third-order valence-corrected chi connectivity index (χ3v) is 8.51. The van der Waals surface area contributed by atoms with Crippen molar-refractivity contribution in [1.82, 2.24) is 13.8 Å². The van der Waals surface area contributed by atoms with E-state index in [1.807, 2.05) is 41.8 Å². The van der Waals surface area contributed by atoms with E-state index in [4.69, 9.17) is 0 Å². The molecule has 0 aliphatic carbocycles. The van der Waals surface area contributed by atoms with Gasteiger partial charge < -0.3 is 9.47 Å². The Kier molecular flexibility index (Phi) is 6.91. The van der Waals surface area contributed by atoms with E-state index in [0.717, 1.165) is 18.4 Å². The summed E-state index contributed by atoms with van der Waals surface area (Å²) in [6.07, 6.45) is 3.22. The molecule has 1 aliphatic heterocycles. The molecule has 1 amide bonds. The minimum atomic E-state index is -3.71. The van der Waals surface area contributed by atoms with Gasteiger partial charge in [-0.1, -0.05) is 37.3 Å². The Hall–Kier alpha value is -2.97. The molecule has 0 N–H and O–H groups in total. The maximum Gasteiger partial charge on any atom is 0.259 e. The number of nitrogens with zero attached hydrogens (tertiary/aromatic N) is 3. The number of carbonyl (C=O) groups excluding carboxylic acids is 1. The second-order valence-electron chi connectivity index (χ2n) is 9.07. The largest absolute Gasteiger partial charge is 0.347 e. The summed E-state index contributed by atoms with van der Waals surface area (Å²) < 4.78 is 29.9. The van der Waals surface area contributed by atoms with Gasteiger partial charge in [0.05, 0.1) is 10.4 Å². The van der Waals surface area contributed by atoms with Crippen LogP contribution in [0.1, 0.15) is 42.6 Å². The van der Waals surface area contributed by atoms with Gasteiger partial charge in [-0.25, -0.2) is 8.42 Å². The Morgan fingerprint density at radius 1 is 1.09 bits per heavy atom. The van der Waals surface area contributed by atoms with Crippen LogP contribution in [0.3, 0.4) is 0 Å². The van der Waals surface area contributed by atoms with Crippen molar-refractivity contribution < 1.29 is 13.2 Å². The Balaban J connectivity index is 1.74. The van der Waals surface area contributed by atoms with Gasteiger partial charge in [0.2, 0.25) is 15.5 Å². The van der Waals surface area contributed by atoms with Gasteiger partial charge >= 0.3 is 0 Å². The van der Waals surface area contributed by atoms with Crippen molar-refractivity contribution in [3.8, 4) is 0 Å². The predicted octanol–water partition coefficient (Wildman–Crippen LogP) is 3.71. The molecule has 3 aromatic rings. The summed E-state index contributed by atoms with van der Waals surface area (Å²) in [7, 11) is -2.05. The van der Waals surface area contributed by atoms with Crippen LogP contribution < -0.4 is 5.43 Å². The number of amides is 1. The molecule has 34 heavy (non-hydrogen) atoms. The zero-order chi connectivity index (χ0) is 24.5. The molecule has 0 atom stereocenters. The van der Waals surface area contributed by atoms with Crippen LogP contribution >= 0.6 is 0 Å². The van der Waals surface area contributed by atoms with Gasteiger partial charge in [0.25, 0.3) is 5.91 Å². The van der Waals surface area contributed by atoms with Crippen molar-refractivity contribution in [2.24, 2.45) is 5.92 Å². The van der Waals surface area contributed by atoms with Gasteiger partial charge in [-0.05, 0) is 49.4 Å². The maximum absolute atomic E-state index is 13.4. The summed E-state index contributed by atoms with van der Waals surface area (Å²) >= 11 is 0. The Morgan fingerprint density at radius 2 is 1.76 bits per heavy atom. The average Bonchev–Trinajstić information content (AvgIpc) is 2.84. The lowest BCUT2D eigenvalue weighted by Gasteiger charge is -2.29. The molecule has 0 bridgehead atoms. The van der Waals surface area contributed by atoms with Crippen molar-refractivity contribution >= 4 is 26.8 Å². The van der Waals surface area contributed by atoms with Crippen molar-refractivity contribution in [2.75, 3.05) is 20.1 Å².